The number of aliphatic hydroxyl groups excluding tert-OH is 7. The highest BCUT2D eigenvalue weighted by molar-refractivity contribution is 5.30. The minimum absolute atomic E-state index is 0.157. The molecule has 3 saturated carbocycles. The van der Waals surface area contributed by atoms with Gasteiger partial charge in [0.15, 0.2) is 18.4 Å². The standard InChI is InChI=1S/C39H62O14/c1-17-8-11-38(48-16-17)19(3)39(47)27(53-38)14-24-22-7-6-20-12-21(13-26(41)37(20,5)23(22)9-10-36(24,39)4)50-35-33(31(45)29(43)25(15-40)51-35)52-34-32(46)30(44)28(42)18(2)49-34/h6,17-19,21-35,40-47H,7-16H2,1-5H3. The molecule has 1 spiro atoms. The lowest BCUT2D eigenvalue weighted by Gasteiger charge is -2.61. The van der Waals surface area contributed by atoms with Crippen LogP contribution < -0.4 is 0 Å². The second kappa shape index (κ2) is 13.6. The van der Waals surface area contributed by atoms with Gasteiger partial charge in [-0.15, -0.1) is 0 Å². The first-order valence-electron chi connectivity index (χ1n) is 20.0. The smallest absolute Gasteiger partial charge is 0.187 e. The highest BCUT2D eigenvalue weighted by Gasteiger charge is 2.76. The third-order valence-electron chi connectivity index (χ3n) is 15.9. The first kappa shape index (κ1) is 39.0. The lowest BCUT2D eigenvalue weighted by molar-refractivity contribution is -0.370. The number of aliphatic hydroxyl groups is 8. The summed E-state index contributed by atoms with van der Waals surface area (Å²) < 4.78 is 37.1. The topological polar surface area (TPSA) is 217 Å². The molecule has 4 aliphatic carbocycles. The van der Waals surface area contributed by atoms with Crippen molar-refractivity contribution in [2.75, 3.05) is 13.2 Å². The Bertz CT molecular complexity index is 1390. The van der Waals surface area contributed by atoms with Crippen molar-refractivity contribution in [2.45, 2.75) is 177 Å². The van der Waals surface area contributed by atoms with Gasteiger partial charge in [-0.3, -0.25) is 0 Å². The molecule has 0 aromatic rings. The van der Waals surface area contributed by atoms with E-state index in [0.29, 0.717) is 18.9 Å². The molecule has 8 aliphatic rings. The Balaban J connectivity index is 0.997. The zero-order valence-electron chi connectivity index (χ0n) is 31.6. The SMILES string of the molecule is CC1CCC2(OC1)OC1CC3C4CC=C5CC(OC6OC(CO)C(O)C(O)C6OC6OC(C)C(O)C(O)C6O)CC(O)C5(C)C4CCC3(C)C1(O)C2C. The van der Waals surface area contributed by atoms with Gasteiger partial charge in [0.25, 0.3) is 0 Å². The molecule has 4 heterocycles. The fraction of sp³-hybridized carbons (Fsp3) is 0.949. The first-order valence-corrected chi connectivity index (χ1v) is 20.0. The van der Waals surface area contributed by atoms with Crippen molar-refractivity contribution in [2.24, 2.45) is 40.4 Å². The van der Waals surface area contributed by atoms with Crippen LogP contribution >= 0.6 is 0 Å². The van der Waals surface area contributed by atoms with Gasteiger partial charge in [-0.2, -0.15) is 0 Å². The Morgan fingerprint density at radius 3 is 2.28 bits per heavy atom. The number of allylic oxidation sites excluding steroid dienone is 1. The van der Waals surface area contributed by atoms with E-state index in [1.54, 1.807) is 0 Å². The molecule has 8 rings (SSSR count). The van der Waals surface area contributed by atoms with Gasteiger partial charge in [-0.05, 0) is 69.1 Å². The summed E-state index contributed by atoms with van der Waals surface area (Å²) in [6.45, 7) is 10.3. The Labute approximate surface area is 311 Å². The van der Waals surface area contributed by atoms with Gasteiger partial charge in [0.05, 0.1) is 37.6 Å². The van der Waals surface area contributed by atoms with Crippen molar-refractivity contribution in [3.05, 3.63) is 11.6 Å². The van der Waals surface area contributed by atoms with Crippen LogP contribution in [0.1, 0.15) is 86.0 Å². The first-order chi connectivity index (χ1) is 25.0. The fourth-order valence-electron chi connectivity index (χ4n) is 12.5. The van der Waals surface area contributed by atoms with Crippen LogP contribution in [0, 0.1) is 40.4 Å². The molecule has 8 N–H and O–H groups in total. The Kier molecular flexibility index (Phi) is 10.0. The van der Waals surface area contributed by atoms with Crippen molar-refractivity contribution in [3.63, 3.8) is 0 Å². The molecule has 14 nitrogen and oxygen atoms in total. The van der Waals surface area contributed by atoms with E-state index in [1.807, 2.05) is 0 Å². The van der Waals surface area contributed by atoms with Crippen LogP contribution in [0.25, 0.3) is 0 Å². The maximum Gasteiger partial charge on any atom is 0.187 e. The molecule has 22 atom stereocenters. The normalized spacial score (nSPS) is 59.5. The van der Waals surface area contributed by atoms with E-state index in [9.17, 15) is 40.9 Å². The number of hydrogen-bond acceptors (Lipinski definition) is 14. The molecular weight excluding hydrogens is 692 g/mol. The second-order valence-electron chi connectivity index (χ2n) is 18.4. The van der Waals surface area contributed by atoms with Gasteiger partial charge in [0.1, 0.15) is 48.3 Å². The summed E-state index contributed by atoms with van der Waals surface area (Å²) in [5.41, 5.74) is -0.803. The molecule has 53 heavy (non-hydrogen) atoms. The third-order valence-corrected chi connectivity index (χ3v) is 15.9. The minimum atomic E-state index is -1.67. The van der Waals surface area contributed by atoms with Crippen molar-refractivity contribution in [1.29, 1.82) is 0 Å². The molecule has 0 aromatic heterocycles. The molecule has 0 amide bonds. The molecule has 0 radical (unpaired) electrons. The molecule has 22 unspecified atom stereocenters. The predicted molar refractivity (Wildman–Crippen MR) is 184 cm³/mol. The van der Waals surface area contributed by atoms with E-state index in [-0.39, 0.29) is 41.6 Å². The summed E-state index contributed by atoms with van der Waals surface area (Å²) in [7, 11) is 0. The lowest BCUT2D eigenvalue weighted by Crippen LogP contribution is -2.64. The maximum atomic E-state index is 12.7. The highest BCUT2D eigenvalue weighted by atomic mass is 16.8. The van der Waals surface area contributed by atoms with Crippen LogP contribution in [0.2, 0.25) is 0 Å². The average molecular weight is 755 g/mol. The predicted octanol–water partition coefficient (Wildman–Crippen LogP) is 0.476. The van der Waals surface area contributed by atoms with Crippen molar-refractivity contribution >= 4 is 0 Å². The van der Waals surface area contributed by atoms with E-state index in [0.717, 1.165) is 44.1 Å². The summed E-state index contributed by atoms with van der Waals surface area (Å²) in [5, 5.41) is 87.7. The summed E-state index contributed by atoms with van der Waals surface area (Å²) >= 11 is 0. The fourth-order valence-corrected chi connectivity index (χ4v) is 12.5. The van der Waals surface area contributed by atoms with Gasteiger partial charge in [0.2, 0.25) is 0 Å². The highest BCUT2D eigenvalue weighted by Crippen LogP contribution is 2.72. The second-order valence-corrected chi connectivity index (χ2v) is 18.4. The van der Waals surface area contributed by atoms with Crippen molar-refractivity contribution < 1.29 is 69.3 Å². The van der Waals surface area contributed by atoms with Crippen LogP contribution in [0.3, 0.4) is 0 Å². The van der Waals surface area contributed by atoms with Crippen LogP contribution in [0.5, 0.6) is 0 Å². The molecular formula is C39H62O14. The van der Waals surface area contributed by atoms with Gasteiger partial charge in [0, 0.05) is 29.6 Å². The van der Waals surface area contributed by atoms with E-state index in [2.05, 4.69) is 33.8 Å². The number of rotatable bonds is 5. The van der Waals surface area contributed by atoms with Gasteiger partial charge < -0.3 is 69.3 Å². The van der Waals surface area contributed by atoms with Crippen molar-refractivity contribution in [3.8, 4) is 0 Å². The Morgan fingerprint density at radius 2 is 1.58 bits per heavy atom. The van der Waals surface area contributed by atoms with Gasteiger partial charge >= 0.3 is 0 Å². The summed E-state index contributed by atoms with van der Waals surface area (Å²) in [6, 6.07) is 0. The van der Waals surface area contributed by atoms with E-state index in [1.165, 1.54) is 6.92 Å². The Hall–Kier alpha value is -0.820. The zero-order chi connectivity index (χ0) is 38.0. The molecule has 4 aliphatic heterocycles. The summed E-state index contributed by atoms with van der Waals surface area (Å²) in [5.74, 6) is 0.230. The lowest BCUT2D eigenvalue weighted by atomic mass is 9.45. The summed E-state index contributed by atoms with van der Waals surface area (Å²) in [4.78, 5) is 0. The van der Waals surface area contributed by atoms with E-state index >= 15 is 0 Å². The molecule has 302 valence electrons. The third kappa shape index (κ3) is 5.64. The van der Waals surface area contributed by atoms with Gasteiger partial charge in [-0.25, -0.2) is 0 Å². The number of ether oxygens (including phenoxy) is 6. The number of fused-ring (bicyclic) bond motifs is 7. The quantitative estimate of drug-likeness (QED) is 0.179. The largest absolute Gasteiger partial charge is 0.394 e. The van der Waals surface area contributed by atoms with E-state index in [4.69, 9.17) is 28.4 Å². The molecule has 0 bridgehead atoms. The molecule has 14 heteroatoms. The summed E-state index contributed by atoms with van der Waals surface area (Å²) in [6.07, 6.45) is -7.78. The van der Waals surface area contributed by atoms with E-state index < -0.39 is 97.0 Å². The monoisotopic (exact) mass is 754 g/mol. The molecule has 0 aromatic carbocycles. The van der Waals surface area contributed by atoms with Gasteiger partial charge in [-0.1, -0.05) is 39.3 Å². The Morgan fingerprint density at radius 1 is 0.830 bits per heavy atom. The zero-order valence-corrected chi connectivity index (χ0v) is 31.6. The minimum Gasteiger partial charge on any atom is -0.394 e. The number of hydrogen-bond donors (Lipinski definition) is 8. The van der Waals surface area contributed by atoms with Crippen molar-refractivity contribution in [1.82, 2.24) is 0 Å². The van der Waals surface area contributed by atoms with Crippen LogP contribution in [0.15, 0.2) is 11.6 Å². The average Bonchev–Trinajstić information content (AvgIpc) is 3.48. The molecule has 4 saturated heterocycles. The maximum absolute atomic E-state index is 12.7. The van der Waals surface area contributed by atoms with Crippen LogP contribution in [-0.4, -0.2) is 145 Å². The van der Waals surface area contributed by atoms with Crippen LogP contribution in [0.4, 0.5) is 0 Å². The molecule has 7 fully saturated rings. The van der Waals surface area contributed by atoms with Crippen LogP contribution in [-0.2, 0) is 28.4 Å².